The lowest BCUT2D eigenvalue weighted by atomic mass is 10.0. The standard InChI is InChI=1S/C10H20.H3O3P/c1-2-4-6-8-10-9-7-5-3-1;1-4(2)3/h1-10H2;4H,(H2,1,2,3). The van der Waals surface area contributed by atoms with Gasteiger partial charge < -0.3 is 9.79 Å². The van der Waals surface area contributed by atoms with Crippen LogP contribution in [0.4, 0.5) is 0 Å². The highest BCUT2D eigenvalue weighted by Gasteiger charge is 1.95. The molecule has 1 fully saturated rings. The molecular weight excluding hydrogens is 199 g/mol. The molecule has 1 rings (SSSR count). The minimum atomic E-state index is -3.13. The largest absolute Gasteiger partial charge is 0.326 e. The monoisotopic (exact) mass is 222 g/mol. The Morgan fingerprint density at radius 3 is 0.714 bits per heavy atom. The fourth-order valence-corrected chi connectivity index (χ4v) is 1.77. The first-order valence-corrected chi connectivity index (χ1v) is 6.95. The molecule has 0 amide bonds. The first-order chi connectivity index (χ1) is 6.73. The summed E-state index contributed by atoms with van der Waals surface area (Å²) in [4.78, 5) is 14.3. The minimum Gasteiger partial charge on any atom is -0.326 e. The van der Waals surface area contributed by atoms with Gasteiger partial charge in [0.05, 0.1) is 0 Å². The number of rotatable bonds is 0. The van der Waals surface area contributed by atoms with E-state index in [1.807, 2.05) is 0 Å². The van der Waals surface area contributed by atoms with Gasteiger partial charge in [-0.05, 0) is 0 Å². The fourth-order valence-electron chi connectivity index (χ4n) is 1.77. The van der Waals surface area contributed by atoms with Gasteiger partial charge in [0.2, 0.25) is 0 Å². The van der Waals surface area contributed by atoms with Gasteiger partial charge in [-0.1, -0.05) is 64.2 Å². The van der Waals surface area contributed by atoms with Crippen LogP contribution in [0.5, 0.6) is 0 Å². The molecule has 0 aliphatic heterocycles. The topological polar surface area (TPSA) is 57.5 Å². The Morgan fingerprint density at radius 2 is 0.643 bits per heavy atom. The lowest BCUT2D eigenvalue weighted by Crippen LogP contribution is -1.85. The van der Waals surface area contributed by atoms with E-state index in [4.69, 9.17) is 14.4 Å². The smallest absolute Gasteiger partial charge is 0.314 e. The molecule has 1 aliphatic carbocycles. The van der Waals surface area contributed by atoms with Crippen LogP contribution in [0.2, 0.25) is 0 Å². The van der Waals surface area contributed by atoms with Crippen LogP contribution < -0.4 is 0 Å². The average Bonchev–Trinajstić information content (AvgIpc) is 2.14. The maximum absolute atomic E-state index is 8.74. The van der Waals surface area contributed by atoms with Crippen molar-refractivity contribution in [3.63, 3.8) is 0 Å². The molecule has 86 valence electrons. The summed E-state index contributed by atoms with van der Waals surface area (Å²) in [5.41, 5.74) is 0. The van der Waals surface area contributed by atoms with E-state index in [0.717, 1.165) is 0 Å². The molecule has 14 heavy (non-hydrogen) atoms. The molecule has 0 spiro atoms. The zero-order chi connectivity index (χ0) is 10.6. The average molecular weight is 222 g/mol. The van der Waals surface area contributed by atoms with Crippen LogP contribution in [-0.2, 0) is 4.57 Å². The van der Waals surface area contributed by atoms with Crippen molar-refractivity contribution in [2.75, 3.05) is 0 Å². The van der Waals surface area contributed by atoms with Crippen molar-refractivity contribution in [3.8, 4) is 0 Å². The maximum atomic E-state index is 8.74. The van der Waals surface area contributed by atoms with E-state index in [2.05, 4.69) is 0 Å². The molecule has 3 nitrogen and oxygen atoms in total. The van der Waals surface area contributed by atoms with Crippen LogP contribution >= 0.6 is 8.25 Å². The lowest BCUT2D eigenvalue weighted by molar-refractivity contribution is 0.405. The van der Waals surface area contributed by atoms with E-state index < -0.39 is 8.25 Å². The summed E-state index contributed by atoms with van der Waals surface area (Å²) < 4.78 is 8.74. The van der Waals surface area contributed by atoms with Crippen molar-refractivity contribution < 1.29 is 14.4 Å². The minimum absolute atomic E-state index is 1.50. The molecule has 0 aromatic heterocycles. The van der Waals surface area contributed by atoms with E-state index in [9.17, 15) is 0 Å². The Balaban J connectivity index is 0.000000364. The summed E-state index contributed by atoms with van der Waals surface area (Å²) in [7, 11) is -3.13. The molecule has 4 heteroatoms. The molecular formula is C10H23O3P. The summed E-state index contributed by atoms with van der Waals surface area (Å²) in [6.07, 6.45) is 15.0. The molecule has 0 bridgehead atoms. The SMILES string of the molecule is C1CCCCCCCCC1.O=[PH](O)O. The molecule has 1 aliphatic rings. The first-order valence-electron chi connectivity index (χ1n) is 5.65. The molecule has 0 aromatic rings. The zero-order valence-electron chi connectivity index (χ0n) is 8.87. The molecule has 0 saturated heterocycles. The lowest BCUT2D eigenvalue weighted by Gasteiger charge is -2.05. The Bertz CT molecular complexity index is 102. The van der Waals surface area contributed by atoms with E-state index in [1.165, 1.54) is 64.2 Å². The molecule has 0 atom stereocenters. The van der Waals surface area contributed by atoms with Gasteiger partial charge in [0, 0.05) is 0 Å². The Hall–Kier alpha value is 0.150. The second-order valence-electron chi connectivity index (χ2n) is 3.82. The third kappa shape index (κ3) is 14.7. The van der Waals surface area contributed by atoms with Gasteiger partial charge in [-0.15, -0.1) is 0 Å². The Morgan fingerprint density at radius 1 is 0.571 bits per heavy atom. The molecule has 0 heterocycles. The van der Waals surface area contributed by atoms with Crippen molar-refractivity contribution in [2.24, 2.45) is 0 Å². The highest BCUT2D eigenvalue weighted by atomic mass is 31.1. The van der Waals surface area contributed by atoms with E-state index in [1.54, 1.807) is 0 Å². The van der Waals surface area contributed by atoms with Gasteiger partial charge in [-0.3, -0.25) is 4.57 Å². The van der Waals surface area contributed by atoms with Crippen LogP contribution in [0, 0.1) is 0 Å². The normalized spacial score (nSPS) is 19.6. The molecule has 0 unspecified atom stereocenters. The summed E-state index contributed by atoms with van der Waals surface area (Å²) in [5.74, 6) is 0. The van der Waals surface area contributed by atoms with Crippen molar-refractivity contribution in [2.45, 2.75) is 64.2 Å². The highest BCUT2D eigenvalue weighted by Crippen LogP contribution is 2.15. The Kier molecular flexibility index (Phi) is 11.3. The van der Waals surface area contributed by atoms with Crippen LogP contribution in [0.15, 0.2) is 0 Å². The third-order valence-corrected chi connectivity index (χ3v) is 2.50. The summed E-state index contributed by atoms with van der Waals surface area (Å²) in [6.45, 7) is 0. The van der Waals surface area contributed by atoms with Crippen molar-refractivity contribution >= 4 is 8.25 Å². The van der Waals surface area contributed by atoms with E-state index in [-0.39, 0.29) is 0 Å². The molecule has 0 aromatic carbocycles. The summed E-state index contributed by atoms with van der Waals surface area (Å²) in [5, 5.41) is 0. The second kappa shape index (κ2) is 11.2. The van der Waals surface area contributed by atoms with Crippen LogP contribution in [-0.4, -0.2) is 9.79 Å². The van der Waals surface area contributed by atoms with Crippen LogP contribution in [0.1, 0.15) is 64.2 Å². The van der Waals surface area contributed by atoms with Crippen molar-refractivity contribution in [1.29, 1.82) is 0 Å². The van der Waals surface area contributed by atoms with Gasteiger partial charge in [0.15, 0.2) is 0 Å². The predicted molar refractivity (Wildman–Crippen MR) is 59.6 cm³/mol. The number of hydrogen-bond donors (Lipinski definition) is 2. The molecule has 1 saturated carbocycles. The fraction of sp³-hybridized carbons (Fsp3) is 1.00. The van der Waals surface area contributed by atoms with Crippen molar-refractivity contribution in [3.05, 3.63) is 0 Å². The maximum Gasteiger partial charge on any atom is 0.314 e. The third-order valence-electron chi connectivity index (χ3n) is 2.50. The predicted octanol–water partition coefficient (Wildman–Crippen LogP) is 3.26. The van der Waals surface area contributed by atoms with E-state index in [0.29, 0.717) is 0 Å². The highest BCUT2D eigenvalue weighted by molar-refractivity contribution is 7.30. The number of hydrogen-bond acceptors (Lipinski definition) is 1. The second-order valence-corrected chi connectivity index (χ2v) is 4.38. The van der Waals surface area contributed by atoms with Gasteiger partial charge in [-0.2, -0.15) is 0 Å². The van der Waals surface area contributed by atoms with Gasteiger partial charge in [-0.25, -0.2) is 0 Å². The Labute approximate surface area is 87.5 Å². The van der Waals surface area contributed by atoms with Crippen LogP contribution in [0.3, 0.4) is 0 Å². The zero-order valence-corrected chi connectivity index (χ0v) is 9.87. The van der Waals surface area contributed by atoms with Gasteiger partial charge in [0.1, 0.15) is 0 Å². The first kappa shape index (κ1) is 14.2. The summed E-state index contributed by atoms with van der Waals surface area (Å²) in [6, 6.07) is 0. The van der Waals surface area contributed by atoms with Gasteiger partial charge >= 0.3 is 8.25 Å². The molecule has 0 radical (unpaired) electrons. The van der Waals surface area contributed by atoms with Gasteiger partial charge in [0.25, 0.3) is 0 Å². The van der Waals surface area contributed by atoms with Crippen LogP contribution in [0.25, 0.3) is 0 Å². The summed E-state index contributed by atoms with van der Waals surface area (Å²) >= 11 is 0. The van der Waals surface area contributed by atoms with Crippen molar-refractivity contribution in [1.82, 2.24) is 0 Å². The molecule has 2 N–H and O–H groups in total. The van der Waals surface area contributed by atoms with E-state index >= 15 is 0 Å². The quantitative estimate of drug-likeness (QED) is 0.618.